The summed E-state index contributed by atoms with van der Waals surface area (Å²) in [5, 5.41) is 8.76. The average Bonchev–Trinajstić information content (AvgIpc) is 2.59. The lowest BCUT2D eigenvalue weighted by Crippen LogP contribution is -2.44. The zero-order valence-electron chi connectivity index (χ0n) is 13.6. The zero-order chi connectivity index (χ0) is 16.8. The molecule has 0 saturated carbocycles. The fraction of sp³-hybridized carbons (Fsp3) is 0.500. The predicted molar refractivity (Wildman–Crippen MR) is 85.1 cm³/mol. The Morgan fingerprint density at radius 3 is 2.65 bits per heavy atom. The third-order valence-electron chi connectivity index (χ3n) is 4.02. The minimum atomic E-state index is -0.254. The highest BCUT2D eigenvalue weighted by Gasteiger charge is 2.30. The van der Waals surface area contributed by atoms with Gasteiger partial charge in [-0.15, -0.1) is 0 Å². The Labute approximate surface area is 136 Å². The van der Waals surface area contributed by atoms with Crippen molar-refractivity contribution in [2.75, 3.05) is 13.1 Å². The first-order valence-corrected chi connectivity index (χ1v) is 7.95. The van der Waals surface area contributed by atoms with Gasteiger partial charge < -0.3 is 9.64 Å². The highest BCUT2D eigenvalue weighted by atomic mass is 16.5. The van der Waals surface area contributed by atoms with Gasteiger partial charge in [0.05, 0.1) is 17.6 Å². The highest BCUT2D eigenvalue weighted by Crippen LogP contribution is 2.20. The van der Waals surface area contributed by atoms with Gasteiger partial charge in [0.15, 0.2) is 0 Å². The summed E-state index contributed by atoms with van der Waals surface area (Å²) in [6.07, 6.45) is 1.59. The Hall–Kier alpha value is -2.35. The van der Waals surface area contributed by atoms with Gasteiger partial charge in [-0.05, 0) is 30.5 Å². The molecule has 0 aromatic heterocycles. The Kier molecular flexibility index (Phi) is 5.75. The zero-order valence-corrected chi connectivity index (χ0v) is 13.6. The van der Waals surface area contributed by atoms with Crippen molar-refractivity contribution >= 4 is 11.9 Å². The summed E-state index contributed by atoms with van der Waals surface area (Å²) in [5.74, 6) is -0.460. The van der Waals surface area contributed by atoms with E-state index in [1.165, 1.54) is 0 Å². The molecule has 23 heavy (non-hydrogen) atoms. The summed E-state index contributed by atoms with van der Waals surface area (Å²) < 4.78 is 5.37. The number of nitrogens with zero attached hydrogens (tertiary/aromatic N) is 2. The van der Waals surface area contributed by atoms with Crippen molar-refractivity contribution in [3.8, 4) is 6.07 Å². The van der Waals surface area contributed by atoms with Gasteiger partial charge in [-0.25, -0.2) is 0 Å². The van der Waals surface area contributed by atoms with Crippen LogP contribution in [0.2, 0.25) is 0 Å². The van der Waals surface area contributed by atoms with Crippen LogP contribution in [-0.2, 0) is 20.9 Å². The van der Waals surface area contributed by atoms with Gasteiger partial charge in [0.1, 0.15) is 6.61 Å². The van der Waals surface area contributed by atoms with Crippen molar-refractivity contribution in [2.24, 2.45) is 11.8 Å². The van der Waals surface area contributed by atoms with Crippen molar-refractivity contribution in [3.63, 3.8) is 0 Å². The minimum Gasteiger partial charge on any atom is -0.461 e. The third kappa shape index (κ3) is 4.56. The number of carbonyl (C=O) groups is 2. The summed E-state index contributed by atoms with van der Waals surface area (Å²) in [6.45, 7) is 5.10. The van der Waals surface area contributed by atoms with Gasteiger partial charge in [0.2, 0.25) is 5.91 Å². The minimum absolute atomic E-state index is 0.0524. The molecule has 0 spiro atoms. The van der Waals surface area contributed by atoms with Crippen LogP contribution in [0.1, 0.15) is 37.8 Å². The van der Waals surface area contributed by atoms with Gasteiger partial charge in [-0.1, -0.05) is 26.0 Å². The van der Waals surface area contributed by atoms with E-state index in [1.807, 2.05) is 13.8 Å². The van der Waals surface area contributed by atoms with Crippen LogP contribution in [0.4, 0.5) is 0 Å². The number of benzene rings is 1. The standard InChI is InChI=1S/C18H22N2O3/c1-13(2)17(21)20-9-3-4-16(11-20)18(22)23-12-15-7-5-14(10-19)6-8-15/h5-8,13,16H,3-4,9,11-12H2,1-2H3/t16-/m0/s1. The van der Waals surface area contributed by atoms with Crippen LogP contribution in [0.5, 0.6) is 0 Å². The van der Waals surface area contributed by atoms with Crippen LogP contribution in [0.3, 0.4) is 0 Å². The highest BCUT2D eigenvalue weighted by molar-refractivity contribution is 5.80. The average molecular weight is 314 g/mol. The topological polar surface area (TPSA) is 70.4 Å². The number of piperidine rings is 1. The van der Waals surface area contributed by atoms with Crippen molar-refractivity contribution < 1.29 is 14.3 Å². The molecule has 0 unspecified atom stereocenters. The number of rotatable bonds is 4. The number of esters is 1. The fourth-order valence-corrected chi connectivity index (χ4v) is 2.68. The van der Waals surface area contributed by atoms with Gasteiger partial charge in [0, 0.05) is 19.0 Å². The number of amides is 1. The molecule has 0 aliphatic carbocycles. The summed E-state index contributed by atoms with van der Waals surface area (Å²) in [6, 6.07) is 9.01. The molecule has 122 valence electrons. The molecule has 1 saturated heterocycles. The molecule has 1 aliphatic rings. The molecule has 1 heterocycles. The predicted octanol–water partition coefficient (Wildman–Crippen LogP) is 2.50. The summed E-state index contributed by atoms with van der Waals surface area (Å²) >= 11 is 0. The molecule has 1 aliphatic heterocycles. The van der Waals surface area contributed by atoms with E-state index in [9.17, 15) is 9.59 Å². The van der Waals surface area contributed by atoms with Crippen molar-refractivity contribution in [1.29, 1.82) is 5.26 Å². The van der Waals surface area contributed by atoms with Crippen LogP contribution in [0.25, 0.3) is 0 Å². The molecular weight excluding hydrogens is 292 g/mol. The SMILES string of the molecule is CC(C)C(=O)N1CCC[C@H](C(=O)OCc2ccc(C#N)cc2)C1. The molecule has 5 heteroatoms. The lowest BCUT2D eigenvalue weighted by atomic mass is 9.97. The van der Waals surface area contributed by atoms with E-state index in [0.29, 0.717) is 12.1 Å². The van der Waals surface area contributed by atoms with Crippen LogP contribution in [-0.4, -0.2) is 29.9 Å². The molecular formula is C18H22N2O3. The van der Waals surface area contributed by atoms with Crippen LogP contribution >= 0.6 is 0 Å². The maximum absolute atomic E-state index is 12.2. The van der Waals surface area contributed by atoms with Crippen molar-refractivity contribution in [3.05, 3.63) is 35.4 Å². The quantitative estimate of drug-likeness (QED) is 0.801. The lowest BCUT2D eigenvalue weighted by Gasteiger charge is -2.32. The second-order valence-corrected chi connectivity index (χ2v) is 6.19. The summed E-state index contributed by atoms with van der Waals surface area (Å²) in [7, 11) is 0. The second-order valence-electron chi connectivity index (χ2n) is 6.19. The maximum atomic E-state index is 12.2. The van der Waals surface area contributed by atoms with E-state index in [4.69, 9.17) is 10.00 Å². The molecule has 1 atom stereocenters. The van der Waals surface area contributed by atoms with E-state index >= 15 is 0 Å². The second kappa shape index (κ2) is 7.77. The number of ether oxygens (including phenoxy) is 1. The van der Waals surface area contributed by atoms with Crippen LogP contribution in [0, 0.1) is 23.2 Å². The number of nitriles is 1. The Morgan fingerprint density at radius 2 is 2.04 bits per heavy atom. The third-order valence-corrected chi connectivity index (χ3v) is 4.02. The first kappa shape index (κ1) is 17.0. The lowest BCUT2D eigenvalue weighted by molar-refractivity contribution is -0.153. The van der Waals surface area contributed by atoms with Gasteiger partial charge in [-0.3, -0.25) is 9.59 Å². The summed E-state index contributed by atoms with van der Waals surface area (Å²) in [5.41, 5.74) is 1.43. The van der Waals surface area contributed by atoms with Gasteiger partial charge in [0.25, 0.3) is 0 Å². The Morgan fingerprint density at radius 1 is 1.35 bits per heavy atom. The monoisotopic (exact) mass is 314 g/mol. The van der Waals surface area contributed by atoms with E-state index in [2.05, 4.69) is 6.07 Å². The number of hydrogen-bond donors (Lipinski definition) is 0. The number of hydrogen-bond acceptors (Lipinski definition) is 4. The van der Waals surface area contributed by atoms with E-state index in [-0.39, 0.29) is 30.3 Å². The smallest absolute Gasteiger partial charge is 0.311 e. The summed E-state index contributed by atoms with van der Waals surface area (Å²) in [4.78, 5) is 26.0. The van der Waals surface area contributed by atoms with Crippen LogP contribution < -0.4 is 0 Å². The first-order valence-electron chi connectivity index (χ1n) is 7.95. The van der Waals surface area contributed by atoms with E-state index in [1.54, 1.807) is 29.2 Å². The largest absolute Gasteiger partial charge is 0.461 e. The van der Waals surface area contributed by atoms with Crippen molar-refractivity contribution in [2.45, 2.75) is 33.3 Å². The van der Waals surface area contributed by atoms with Gasteiger partial charge >= 0.3 is 5.97 Å². The van der Waals surface area contributed by atoms with Gasteiger partial charge in [-0.2, -0.15) is 5.26 Å². The number of likely N-dealkylation sites (tertiary alicyclic amines) is 1. The molecule has 0 bridgehead atoms. The maximum Gasteiger partial charge on any atom is 0.311 e. The molecule has 2 rings (SSSR count). The molecule has 1 aromatic rings. The number of carbonyl (C=O) groups excluding carboxylic acids is 2. The molecule has 1 fully saturated rings. The molecule has 1 amide bonds. The van der Waals surface area contributed by atoms with Crippen LogP contribution in [0.15, 0.2) is 24.3 Å². The molecule has 0 radical (unpaired) electrons. The van der Waals surface area contributed by atoms with Crippen molar-refractivity contribution in [1.82, 2.24) is 4.90 Å². The Balaban J connectivity index is 1.87. The van der Waals surface area contributed by atoms with E-state index < -0.39 is 0 Å². The van der Waals surface area contributed by atoms with E-state index in [0.717, 1.165) is 24.9 Å². The Bertz CT molecular complexity index is 602. The first-order chi connectivity index (χ1) is 11.0. The molecule has 0 N–H and O–H groups in total. The fourth-order valence-electron chi connectivity index (χ4n) is 2.68. The molecule has 1 aromatic carbocycles. The normalized spacial score (nSPS) is 17.7. The molecule has 5 nitrogen and oxygen atoms in total.